The van der Waals surface area contributed by atoms with Crippen LogP contribution < -0.4 is 20.9 Å². The minimum absolute atomic E-state index is 0.0977. The SMILES string of the molecule is CC(CC(=O)Nc1cccc(N2CCCC2)c1)NC(=O)C(C)NC(=O)c1cccc(Cl)c1Cl. The Bertz CT molecular complexity index is 1020. The van der Waals surface area contributed by atoms with Gasteiger partial charge in [-0.1, -0.05) is 35.3 Å². The van der Waals surface area contributed by atoms with Crippen LogP contribution in [0.15, 0.2) is 42.5 Å². The zero-order valence-electron chi connectivity index (χ0n) is 18.7. The summed E-state index contributed by atoms with van der Waals surface area (Å²) in [6.45, 7) is 5.35. The van der Waals surface area contributed by atoms with Gasteiger partial charge in [-0.2, -0.15) is 0 Å². The van der Waals surface area contributed by atoms with Crippen LogP contribution in [0.1, 0.15) is 43.5 Å². The molecule has 1 saturated heterocycles. The highest BCUT2D eigenvalue weighted by Gasteiger charge is 2.21. The molecular weight excluding hydrogens is 463 g/mol. The van der Waals surface area contributed by atoms with Crippen LogP contribution in [0.2, 0.25) is 10.0 Å². The number of rotatable bonds is 8. The van der Waals surface area contributed by atoms with Gasteiger partial charge in [0.15, 0.2) is 0 Å². The molecule has 1 aliphatic heterocycles. The van der Waals surface area contributed by atoms with E-state index in [2.05, 4.69) is 20.9 Å². The summed E-state index contributed by atoms with van der Waals surface area (Å²) in [5.41, 5.74) is 2.00. The second-order valence-corrected chi connectivity index (χ2v) is 8.99. The van der Waals surface area contributed by atoms with Crippen molar-refractivity contribution < 1.29 is 14.4 Å². The van der Waals surface area contributed by atoms with E-state index in [0.717, 1.165) is 24.5 Å². The molecule has 0 bridgehead atoms. The van der Waals surface area contributed by atoms with Gasteiger partial charge in [0.2, 0.25) is 11.8 Å². The summed E-state index contributed by atoms with van der Waals surface area (Å²) >= 11 is 12.0. The topological polar surface area (TPSA) is 90.5 Å². The molecule has 7 nitrogen and oxygen atoms in total. The van der Waals surface area contributed by atoms with Gasteiger partial charge >= 0.3 is 0 Å². The maximum atomic E-state index is 12.5. The summed E-state index contributed by atoms with van der Waals surface area (Å²) < 4.78 is 0. The summed E-state index contributed by atoms with van der Waals surface area (Å²) in [6, 6.07) is 11.2. The van der Waals surface area contributed by atoms with Gasteiger partial charge in [0.1, 0.15) is 6.04 Å². The van der Waals surface area contributed by atoms with Gasteiger partial charge < -0.3 is 20.9 Å². The van der Waals surface area contributed by atoms with Crippen LogP contribution in [0.5, 0.6) is 0 Å². The van der Waals surface area contributed by atoms with Crippen molar-refractivity contribution in [3.63, 3.8) is 0 Å². The van der Waals surface area contributed by atoms with Crippen molar-refractivity contribution in [1.82, 2.24) is 10.6 Å². The molecule has 2 atom stereocenters. The first kappa shape index (κ1) is 24.9. The Morgan fingerprint density at radius 1 is 1.00 bits per heavy atom. The number of nitrogens with one attached hydrogen (secondary N) is 3. The lowest BCUT2D eigenvalue weighted by Crippen LogP contribution is -2.48. The quantitative estimate of drug-likeness (QED) is 0.515. The summed E-state index contributed by atoms with van der Waals surface area (Å²) in [5.74, 6) is -1.12. The molecule has 2 aromatic rings. The van der Waals surface area contributed by atoms with E-state index in [4.69, 9.17) is 23.2 Å². The molecule has 3 rings (SSSR count). The van der Waals surface area contributed by atoms with Crippen LogP contribution in [-0.4, -0.2) is 42.9 Å². The largest absolute Gasteiger partial charge is 0.371 e. The lowest BCUT2D eigenvalue weighted by atomic mass is 10.1. The summed E-state index contributed by atoms with van der Waals surface area (Å²) in [6.07, 6.45) is 2.46. The normalized spacial score (nSPS) is 15.0. The Morgan fingerprint density at radius 3 is 2.42 bits per heavy atom. The number of halogens is 2. The van der Waals surface area contributed by atoms with Crippen molar-refractivity contribution in [2.45, 2.75) is 45.2 Å². The fourth-order valence-corrected chi connectivity index (χ4v) is 4.07. The highest BCUT2D eigenvalue weighted by atomic mass is 35.5. The molecule has 1 aliphatic rings. The third-order valence-electron chi connectivity index (χ3n) is 5.42. The van der Waals surface area contributed by atoms with Gasteiger partial charge in [-0.05, 0) is 57.0 Å². The molecule has 2 aromatic carbocycles. The van der Waals surface area contributed by atoms with Gasteiger partial charge in [-0.25, -0.2) is 0 Å². The first-order valence-corrected chi connectivity index (χ1v) is 11.7. The number of carbonyl (C=O) groups excluding carboxylic acids is 3. The summed E-state index contributed by atoms with van der Waals surface area (Å²) in [5, 5.41) is 8.62. The van der Waals surface area contributed by atoms with Crippen molar-refractivity contribution in [2.75, 3.05) is 23.3 Å². The van der Waals surface area contributed by atoms with E-state index >= 15 is 0 Å². The monoisotopic (exact) mass is 490 g/mol. The number of hydrogen-bond acceptors (Lipinski definition) is 4. The minimum Gasteiger partial charge on any atom is -0.371 e. The lowest BCUT2D eigenvalue weighted by Gasteiger charge is -2.20. The van der Waals surface area contributed by atoms with Crippen LogP contribution in [0.25, 0.3) is 0 Å². The fourth-order valence-electron chi connectivity index (χ4n) is 3.68. The number of amides is 3. The average molecular weight is 491 g/mol. The van der Waals surface area contributed by atoms with Crippen LogP contribution in [0.3, 0.4) is 0 Å². The fraction of sp³-hybridized carbons (Fsp3) is 0.375. The second-order valence-electron chi connectivity index (χ2n) is 8.20. The molecule has 3 N–H and O–H groups in total. The Balaban J connectivity index is 1.48. The molecular formula is C24H28Cl2N4O3. The molecule has 33 heavy (non-hydrogen) atoms. The van der Waals surface area contributed by atoms with Gasteiger partial charge in [0.25, 0.3) is 5.91 Å². The molecule has 0 saturated carbocycles. The molecule has 2 unspecified atom stereocenters. The Morgan fingerprint density at radius 2 is 1.70 bits per heavy atom. The van der Waals surface area contributed by atoms with Gasteiger partial charge in [0, 0.05) is 36.9 Å². The number of carbonyl (C=O) groups is 3. The Kier molecular flexibility index (Phi) is 8.58. The first-order valence-electron chi connectivity index (χ1n) is 10.9. The van der Waals surface area contributed by atoms with Gasteiger partial charge in [-0.15, -0.1) is 0 Å². The van der Waals surface area contributed by atoms with E-state index in [1.54, 1.807) is 26.0 Å². The van der Waals surface area contributed by atoms with E-state index in [0.29, 0.717) is 0 Å². The number of anilines is 2. The van der Waals surface area contributed by atoms with E-state index in [1.807, 2.05) is 24.3 Å². The molecule has 3 amide bonds. The number of nitrogens with zero attached hydrogens (tertiary/aromatic N) is 1. The van der Waals surface area contributed by atoms with Crippen LogP contribution >= 0.6 is 23.2 Å². The molecule has 9 heteroatoms. The van der Waals surface area contributed by atoms with Crippen molar-refractivity contribution >= 4 is 52.3 Å². The summed E-state index contributed by atoms with van der Waals surface area (Å²) in [7, 11) is 0. The first-order chi connectivity index (χ1) is 15.7. The predicted molar refractivity (Wildman–Crippen MR) is 132 cm³/mol. The maximum Gasteiger partial charge on any atom is 0.253 e. The number of benzene rings is 2. The predicted octanol–water partition coefficient (Wildman–Crippen LogP) is 4.25. The second kappa shape index (κ2) is 11.4. The maximum absolute atomic E-state index is 12.5. The molecule has 0 aromatic heterocycles. The molecule has 0 spiro atoms. The Hall–Kier alpha value is -2.77. The zero-order valence-corrected chi connectivity index (χ0v) is 20.2. The third kappa shape index (κ3) is 6.85. The standard InChI is InChI=1S/C24H28Cl2N4O3/c1-15(13-21(31)29-17-7-5-8-18(14-17)30-11-3-4-12-30)27-23(32)16(2)28-24(33)19-9-6-10-20(25)22(19)26/h5-10,14-16H,3-4,11-13H2,1-2H3,(H,27,32)(H,28,33)(H,29,31). The molecule has 176 valence electrons. The molecule has 0 aliphatic carbocycles. The van der Waals surface area contributed by atoms with Crippen molar-refractivity contribution in [1.29, 1.82) is 0 Å². The third-order valence-corrected chi connectivity index (χ3v) is 6.24. The number of hydrogen-bond donors (Lipinski definition) is 3. The van der Waals surface area contributed by atoms with E-state index in [9.17, 15) is 14.4 Å². The van der Waals surface area contributed by atoms with Crippen molar-refractivity contribution in [3.8, 4) is 0 Å². The van der Waals surface area contributed by atoms with E-state index < -0.39 is 23.9 Å². The highest BCUT2D eigenvalue weighted by Crippen LogP contribution is 2.25. The van der Waals surface area contributed by atoms with Crippen molar-refractivity contribution in [3.05, 3.63) is 58.1 Å². The average Bonchev–Trinajstić information content (AvgIpc) is 3.30. The van der Waals surface area contributed by atoms with Crippen LogP contribution in [-0.2, 0) is 9.59 Å². The van der Waals surface area contributed by atoms with Crippen LogP contribution in [0.4, 0.5) is 11.4 Å². The highest BCUT2D eigenvalue weighted by molar-refractivity contribution is 6.43. The minimum atomic E-state index is -0.824. The van der Waals surface area contributed by atoms with E-state index in [-0.39, 0.29) is 27.9 Å². The smallest absolute Gasteiger partial charge is 0.253 e. The summed E-state index contributed by atoms with van der Waals surface area (Å²) in [4.78, 5) is 39.7. The zero-order chi connectivity index (χ0) is 24.0. The van der Waals surface area contributed by atoms with Gasteiger partial charge in [0.05, 0.1) is 15.6 Å². The Labute approximate surface area is 203 Å². The molecule has 1 heterocycles. The van der Waals surface area contributed by atoms with Crippen LogP contribution in [0, 0.1) is 0 Å². The molecule has 0 radical (unpaired) electrons. The van der Waals surface area contributed by atoms with Crippen molar-refractivity contribution in [2.24, 2.45) is 0 Å². The molecule has 1 fully saturated rings. The van der Waals surface area contributed by atoms with Gasteiger partial charge in [-0.3, -0.25) is 14.4 Å². The van der Waals surface area contributed by atoms with E-state index in [1.165, 1.54) is 18.9 Å². The lowest BCUT2D eigenvalue weighted by molar-refractivity contribution is -0.123.